The van der Waals surface area contributed by atoms with Gasteiger partial charge in [-0.2, -0.15) is 0 Å². The van der Waals surface area contributed by atoms with Crippen LogP contribution in [0, 0.1) is 0 Å². The number of rotatable bonds is 1. The fraction of sp³-hybridized carbons (Fsp3) is 0.333. The van der Waals surface area contributed by atoms with Gasteiger partial charge in [0.05, 0.1) is 7.11 Å². The first-order chi connectivity index (χ1) is 21.4. The van der Waals surface area contributed by atoms with Crippen molar-refractivity contribution in [2.24, 2.45) is 0 Å². The average Bonchev–Trinajstić information content (AvgIpc) is 3.50. The van der Waals surface area contributed by atoms with Crippen LogP contribution in [-0.4, -0.2) is 56.0 Å². The molecule has 0 spiro atoms. The summed E-state index contributed by atoms with van der Waals surface area (Å²) < 4.78 is 31.1. The maximum absolute atomic E-state index is 10.7. The Morgan fingerprint density at radius 3 is 2.30 bits per heavy atom. The molecule has 2 atom stereocenters. The normalized spacial score (nSPS) is 20.6. The predicted molar refractivity (Wildman–Crippen MR) is 166 cm³/mol. The van der Waals surface area contributed by atoms with Crippen molar-refractivity contribution in [3.8, 4) is 46.0 Å². The molecule has 0 radical (unpaired) electrons. The molecule has 44 heavy (non-hydrogen) atoms. The quantitative estimate of drug-likeness (QED) is 0.266. The maximum Gasteiger partial charge on any atom is 0.231 e. The van der Waals surface area contributed by atoms with Gasteiger partial charge in [0.2, 0.25) is 12.5 Å². The molecule has 5 aliphatic rings. The van der Waals surface area contributed by atoms with E-state index >= 15 is 0 Å². The molecule has 8 heteroatoms. The van der Waals surface area contributed by atoms with E-state index in [0.29, 0.717) is 34.5 Å². The van der Waals surface area contributed by atoms with Crippen LogP contribution >= 0.6 is 0 Å². The monoisotopic (exact) mass is 592 g/mol. The number of likely N-dealkylation sites (N-methyl/N-ethyl adjacent to an activating group) is 2. The number of phenolic OH excluding ortho intramolecular Hbond substituents is 1. The Hall–Kier alpha value is -4.40. The Bertz CT molecular complexity index is 1750. The molecular formula is C36H36N2O6. The van der Waals surface area contributed by atoms with Gasteiger partial charge in [-0.05, 0) is 110 Å². The maximum atomic E-state index is 10.7. The van der Waals surface area contributed by atoms with Crippen LogP contribution in [0.2, 0.25) is 0 Å². The molecule has 0 fully saturated rings. The largest absolute Gasteiger partial charge is 0.504 e. The number of methoxy groups -OCH3 is 1. The first kappa shape index (κ1) is 27.2. The number of benzene rings is 4. The summed E-state index contributed by atoms with van der Waals surface area (Å²) in [4.78, 5) is 4.77. The Kier molecular flexibility index (Phi) is 6.57. The molecule has 8 nitrogen and oxygen atoms in total. The van der Waals surface area contributed by atoms with Gasteiger partial charge >= 0.3 is 0 Å². The summed E-state index contributed by atoms with van der Waals surface area (Å²) in [7, 11) is 6.03. The number of hydrogen-bond acceptors (Lipinski definition) is 8. The second-order valence-corrected chi connectivity index (χ2v) is 12.3. The molecule has 6 bridgehead atoms. The topological polar surface area (TPSA) is 72.9 Å². The van der Waals surface area contributed by atoms with E-state index in [1.54, 1.807) is 13.2 Å². The van der Waals surface area contributed by atoms with Gasteiger partial charge in [-0.15, -0.1) is 0 Å². The van der Waals surface area contributed by atoms with Crippen molar-refractivity contribution < 1.29 is 28.8 Å². The van der Waals surface area contributed by atoms with E-state index in [4.69, 9.17) is 23.7 Å². The standard InChI is InChI=1S/C36H36N2O6/c1-37-12-10-23-17-31(40-3)32-19-26(23)27(37)15-22-6-9-29(39)30(16-22)43-25-7-4-21(5-8-25)14-28-34-24(11-13-38(28)2)18-33-35(36(34)44-32)42-20-41-33/h4-9,16-19,27-28,39H,10-15,20H2,1-3H3/t27-,28-/m1/s1. The highest BCUT2D eigenvalue weighted by Crippen LogP contribution is 2.53. The van der Waals surface area contributed by atoms with Crippen molar-refractivity contribution in [3.05, 3.63) is 94.0 Å². The lowest BCUT2D eigenvalue weighted by Gasteiger charge is -2.37. The lowest BCUT2D eigenvalue weighted by Crippen LogP contribution is -2.34. The zero-order valence-electron chi connectivity index (χ0n) is 25.3. The van der Waals surface area contributed by atoms with E-state index in [0.717, 1.165) is 55.6 Å². The van der Waals surface area contributed by atoms with E-state index in [1.807, 2.05) is 24.3 Å². The molecule has 0 unspecified atom stereocenters. The molecular weight excluding hydrogens is 556 g/mol. The Balaban J connectivity index is 1.34. The molecule has 5 heterocycles. The average molecular weight is 593 g/mol. The van der Waals surface area contributed by atoms with Gasteiger partial charge in [-0.1, -0.05) is 18.2 Å². The summed E-state index contributed by atoms with van der Waals surface area (Å²) in [6, 6.07) is 20.3. The van der Waals surface area contributed by atoms with E-state index in [2.05, 4.69) is 54.2 Å². The zero-order chi connectivity index (χ0) is 29.9. The van der Waals surface area contributed by atoms with Crippen LogP contribution < -0.4 is 23.7 Å². The minimum Gasteiger partial charge on any atom is -0.504 e. The highest BCUT2D eigenvalue weighted by molar-refractivity contribution is 5.64. The van der Waals surface area contributed by atoms with Crippen LogP contribution in [0.1, 0.15) is 45.5 Å². The molecule has 1 N–H and O–H groups in total. The van der Waals surface area contributed by atoms with Gasteiger partial charge in [0.1, 0.15) is 5.75 Å². The fourth-order valence-electron chi connectivity index (χ4n) is 7.17. The molecule has 4 aromatic carbocycles. The summed E-state index contributed by atoms with van der Waals surface area (Å²) in [5.41, 5.74) is 7.03. The van der Waals surface area contributed by atoms with Crippen molar-refractivity contribution in [1.82, 2.24) is 9.80 Å². The summed E-state index contributed by atoms with van der Waals surface area (Å²) in [5.74, 6) is 4.69. The molecule has 0 aromatic heterocycles. The summed E-state index contributed by atoms with van der Waals surface area (Å²) in [5, 5.41) is 10.7. The third kappa shape index (κ3) is 4.60. The van der Waals surface area contributed by atoms with Gasteiger partial charge in [0.15, 0.2) is 34.5 Å². The zero-order valence-corrected chi connectivity index (χ0v) is 25.3. The van der Waals surface area contributed by atoms with Crippen LogP contribution in [0.5, 0.6) is 46.0 Å². The summed E-state index contributed by atoms with van der Waals surface area (Å²) in [6.07, 6.45) is 3.31. The Morgan fingerprint density at radius 1 is 0.727 bits per heavy atom. The van der Waals surface area contributed by atoms with E-state index in [9.17, 15) is 5.11 Å². The molecule has 4 aromatic rings. The van der Waals surface area contributed by atoms with Crippen molar-refractivity contribution in [2.75, 3.05) is 41.1 Å². The predicted octanol–water partition coefficient (Wildman–Crippen LogP) is 6.57. The molecule has 0 amide bonds. The van der Waals surface area contributed by atoms with E-state index in [1.165, 1.54) is 22.3 Å². The van der Waals surface area contributed by atoms with Crippen LogP contribution in [-0.2, 0) is 25.7 Å². The van der Waals surface area contributed by atoms with Crippen molar-refractivity contribution in [1.29, 1.82) is 0 Å². The van der Waals surface area contributed by atoms with Crippen molar-refractivity contribution in [3.63, 3.8) is 0 Å². The number of nitrogens with zero attached hydrogens (tertiary/aromatic N) is 2. The van der Waals surface area contributed by atoms with Crippen LogP contribution in [0.3, 0.4) is 0 Å². The van der Waals surface area contributed by atoms with Crippen molar-refractivity contribution in [2.45, 2.75) is 37.8 Å². The highest BCUT2D eigenvalue weighted by Gasteiger charge is 2.36. The van der Waals surface area contributed by atoms with Gasteiger partial charge < -0.3 is 28.8 Å². The Morgan fingerprint density at radius 2 is 1.48 bits per heavy atom. The number of aromatic hydroxyl groups is 1. The third-order valence-electron chi connectivity index (χ3n) is 9.64. The lowest BCUT2D eigenvalue weighted by atomic mass is 9.87. The summed E-state index contributed by atoms with van der Waals surface area (Å²) >= 11 is 0. The van der Waals surface area contributed by atoms with Gasteiger partial charge in [-0.3, -0.25) is 9.80 Å². The first-order valence-electron chi connectivity index (χ1n) is 15.3. The smallest absolute Gasteiger partial charge is 0.231 e. The number of fused-ring (bicyclic) bond motifs is 3. The third-order valence-corrected chi connectivity index (χ3v) is 9.64. The molecule has 226 valence electrons. The molecule has 0 saturated heterocycles. The molecule has 9 rings (SSSR count). The lowest BCUT2D eigenvalue weighted by molar-refractivity contribution is 0.171. The second-order valence-electron chi connectivity index (χ2n) is 12.3. The SMILES string of the molecule is COc1cc2c3cc1Oc1c4c(cc5c1[C@@H](Cc1ccc(cc1)Oc1cc(ccc1O)C[C@H]3N(C)CC2)N(C)CC5)OCO4. The minimum atomic E-state index is 0.0529. The fourth-order valence-corrected chi connectivity index (χ4v) is 7.17. The minimum absolute atomic E-state index is 0.0529. The number of hydrogen-bond donors (Lipinski definition) is 1. The van der Waals surface area contributed by atoms with Gasteiger partial charge in [0, 0.05) is 30.7 Å². The van der Waals surface area contributed by atoms with E-state index < -0.39 is 0 Å². The van der Waals surface area contributed by atoms with Gasteiger partial charge in [0.25, 0.3) is 0 Å². The number of phenols is 1. The molecule has 0 saturated carbocycles. The molecule has 0 aliphatic carbocycles. The van der Waals surface area contributed by atoms with Gasteiger partial charge in [-0.25, -0.2) is 0 Å². The summed E-state index contributed by atoms with van der Waals surface area (Å²) in [6.45, 7) is 2.01. The number of ether oxygens (including phenoxy) is 5. The van der Waals surface area contributed by atoms with E-state index in [-0.39, 0.29) is 24.6 Å². The Labute approximate surface area is 257 Å². The second kappa shape index (κ2) is 10.6. The van der Waals surface area contributed by atoms with Crippen LogP contribution in [0.25, 0.3) is 0 Å². The first-order valence-corrected chi connectivity index (χ1v) is 15.3. The molecule has 5 aliphatic heterocycles. The van der Waals surface area contributed by atoms with Crippen molar-refractivity contribution >= 4 is 0 Å². The highest BCUT2D eigenvalue weighted by atomic mass is 16.7. The van der Waals surface area contributed by atoms with Crippen LogP contribution in [0.15, 0.2) is 60.7 Å². The van der Waals surface area contributed by atoms with Crippen LogP contribution in [0.4, 0.5) is 0 Å².